The molecule has 0 aliphatic carbocycles. The smallest absolute Gasteiger partial charge is 0.308 e. The summed E-state index contributed by atoms with van der Waals surface area (Å²) in [6.07, 6.45) is 0.160. The van der Waals surface area contributed by atoms with Gasteiger partial charge in [-0.3, -0.25) is 4.79 Å². The van der Waals surface area contributed by atoms with Crippen LogP contribution in [0.5, 0.6) is 0 Å². The lowest BCUT2D eigenvalue weighted by molar-refractivity contribution is -0.160. The molecule has 2 unspecified atom stereocenters. The van der Waals surface area contributed by atoms with Crippen molar-refractivity contribution in [2.75, 3.05) is 0 Å². The molecule has 1 aliphatic heterocycles. The van der Waals surface area contributed by atoms with Crippen molar-refractivity contribution < 1.29 is 19.0 Å². The van der Waals surface area contributed by atoms with Gasteiger partial charge in [0.1, 0.15) is 17.7 Å². The number of carbonyl (C=O) groups is 1. The van der Waals surface area contributed by atoms with Crippen molar-refractivity contribution in [3.63, 3.8) is 0 Å². The zero-order valence-corrected chi connectivity index (χ0v) is 11.8. The molecular formula is C15H17FN2O3. The van der Waals surface area contributed by atoms with Crippen LogP contribution in [0, 0.1) is 12.7 Å². The number of halogens is 1. The maximum Gasteiger partial charge on any atom is 0.308 e. The molecule has 1 aromatic heterocycles. The summed E-state index contributed by atoms with van der Waals surface area (Å²) in [6, 6.07) is 4.49. The zero-order valence-electron chi connectivity index (χ0n) is 11.8. The number of esters is 1. The van der Waals surface area contributed by atoms with Crippen molar-refractivity contribution in [1.29, 1.82) is 0 Å². The Morgan fingerprint density at radius 2 is 2.33 bits per heavy atom. The average molecular weight is 292 g/mol. The van der Waals surface area contributed by atoms with Crippen LogP contribution in [-0.2, 0) is 16.1 Å². The Kier molecular flexibility index (Phi) is 3.63. The molecule has 0 bridgehead atoms. The molecule has 112 valence electrons. The van der Waals surface area contributed by atoms with Gasteiger partial charge in [-0.25, -0.2) is 9.37 Å². The van der Waals surface area contributed by atoms with Crippen LogP contribution >= 0.6 is 0 Å². The van der Waals surface area contributed by atoms with E-state index >= 15 is 0 Å². The SMILES string of the molecule is Cc1nc2ccc(F)cc2n1CCC1CC(O)CC(=O)O1. The van der Waals surface area contributed by atoms with Crippen LogP contribution in [0.4, 0.5) is 4.39 Å². The van der Waals surface area contributed by atoms with E-state index in [-0.39, 0.29) is 24.3 Å². The fourth-order valence-electron chi connectivity index (χ4n) is 2.81. The highest BCUT2D eigenvalue weighted by Gasteiger charge is 2.27. The monoisotopic (exact) mass is 292 g/mol. The van der Waals surface area contributed by atoms with Gasteiger partial charge in [0.05, 0.1) is 23.6 Å². The number of benzene rings is 1. The van der Waals surface area contributed by atoms with Crippen LogP contribution in [0.3, 0.4) is 0 Å². The normalized spacial score (nSPS) is 22.5. The van der Waals surface area contributed by atoms with Gasteiger partial charge in [-0.1, -0.05) is 0 Å². The molecule has 2 atom stereocenters. The number of cyclic esters (lactones) is 1. The first-order valence-corrected chi connectivity index (χ1v) is 7.03. The van der Waals surface area contributed by atoms with Gasteiger partial charge in [-0.05, 0) is 25.1 Å². The molecular weight excluding hydrogens is 275 g/mol. The van der Waals surface area contributed by atoms with Gasteiger partial charge < -0.3 is 14.4 Å². The van der Waals surface area contributed by atoms with Crippen LogP contribution in [0.1, 0.15) is 25.1 Å². The number of fused-ring (bicyclic) bond motifs is 1. The van der Waals surface area contributed by atoms with Gasteiger partial charge in [0.2, 0.25) is 0 Å². The minimum absolute atomic E-state index is 0.0642. The summed E-state index contributed by atoms with van der Waals surface area (Å²) in [4.78, 5) is 15.7. The number of ether oxygens (including phenoxy) is 1. The van der Waals surface area contributed by atoms with E-state index < -0.39 is 6.10 Å². The molecule has 2 aromatic rings. The summed E-state index contributed by atoms with van der Waals surface area (Å²) < 4.78 is 20.5. The van der Waals surface area contributed by atoms with Gasteiger partial charge in [0.15, 0.2) is 0 Å². The number of imidazole rings is 1. The minimum atomic E-state index is -0.630. The van der Waals surface area contributed by atoms with E-state index in [2.05, 4.69) is 4.98 Å². The van der Waals surface area contributed by atoms with Crippen molar-refractivity contribution >= 4 is 17.0 Å². The fraction of sp³-hybridized carbons (Fsp3) is 0.467. The summed E-state index contributed by atoms with van der Waals surface area (Å²) in [6.45, 7) is 2.43. The van der Waals surface area contributed by atoms with Crippen LogP contribution in [0.2, 0.25) is 0 Å². The Morgan fingerprint density at radius 3 is 3.10 bits per heavy atom. The van der Waals surface area contributed by atoms with Crippen molar-refractivity contribution in [2.45, 2.75) is 44.9 Å². The Bertz CT molecular complexity index is 683. The topological polar surface area (TPSA) is 64.3 Å². The maximum atomic E-state index is 13.4. The minimum Gasteiger partial charge on any atom is -0.462 e. The molecule has 1 aromatic carbocycles. The van der Waals surface area contributed by atoms with Gasteiger partial charge >= 0.3 is 5.97 Å². The summed E-state index contributed by atoms with van der Waals surface area (Å²) in [5.74, 6) is 0.124. The summed E-state index contributed by atoms with van der Waals surface area (Å²) in [7, 11) is 0. The second-order valence-corrected chi connectivity index (χ2v) is 5.44. The third-order valence-corrected chi connectivity index (χ3v) is 3.81. The first kappa shape index (κ1) is 14.0. The summed E-state index contributed by atoms with van der Waals surface area (Å²) in [5, 5.41) is 9.60. The first-order valence-electron chi connectivity index (χ1n) is 7.03. The quantitative estimate of drug-likeness (QED) is 0.878. The first-order chi connectivity index (χ1) is 10.0. The molecule has 6 heteroatoms. The van der Waals surface area contributed by atoms with Gasteiger partial charge in [0.25, 0.3) is 0 Å². The standard InChI is InChI=1S/C15H17FN2O3/c1-9-17-13-3-2-10(16)6-14(13)18(9)5-4-12-7-11(19)8-15(20)21-12/h2-3,6,11-12,19H,4-5,7-8H2,1H3. The summed E-state index contributed by atoms with van der Waals surface area (Å²) in [5.41, 5.74) is 1.48. The molecule has 3 rings (SSSR count). The Morgan fingerprint density at radius 1 is 1.52 bits per heavy atom. The molecule has 1 N–H and O–H groups in total. The number of hydrogen-bond acceptors (Lipinski definition) is 4. The zero-order chi connectivity index (χ0) is 15.0. The number of carbonyl (C=O) groups excluding carboxylic acids is 1. The van der Waals surface area contributed by atoms with Crippen molar-refractivity contribution in [3.8, 4) is 0 Å². The molecule has 2 heterocycles. The molecule has 0 spiro atoms. The maximum absolute atomic E-state index is 13.4. The Labute approximate surface area is 121 Å². The van der Waals surface area contributed by atoms with E-state index in [0.29, 0.717) is 19.4 Å². The van der Waals surface area contributed by atoms with E-state index in [1.54, 1.807) is 6.07 Å². The molecule has 0 radical (unpaired) electrons. The van der Waals surface area contributed by atoms with Crippen LogP contribution < -0.4 is 0 Å². The van der Waals surface area contributed by atoms with Gasteiger partial charge in [-0.15, -0.1) is 0 Å². The number of hydrogen-bond donors (Lipinski definition) is 1. The Balaban J connectivity index is 1.77. The van der Waals surface area contributed by atoms with Crippen molar-refractivity contribution in [1.82, 2.24) is 9.55 Å². The van der Waals surface area contributed by atoms with Crippen molar-refractivity contribution in [3.05, 3.63) is 29.8 Å². The lowest BCUT2D eigenvalue weighted by Gasteiger charge is -2.26. The predicted octanol–water partition coefficient (Wildman–Crippen LogP) is 1.94. The number of aliphatic hydroxyl groups excluding tert-OH is 1. The lowest BCUT2D eigenvalue weighted by atomic mass is 10.0. The lowest BCUT2D eigenvalue weighted by Crippen LogP contribution is -2.33. The summed E-state index contributed by atoms with van der Waals surface area (Å²) >= 11 is 0. The molecule has 21 heavy (non-hydrogen) atoms. The number of aliphatic hydroxyl groups is 1. The number of rotatable bonds is 3. The van der Waals surface area contributed by atoms with E-state index in [9.17, 15) is 14.3 Å². The second-order valence-electron chi connectivity index (χ2n) is 5.44. The second kappa shape index (κ2) is 5.44. The van der Waals surface area contributed by atoms with E-state index in [4.69, 9.17) is 4.74 Å². The van der Waals surface area contributed by atoms with Gasteiger partial charge in [0, 0.05) is 19.4 Å². The number of aromatic nitrogens is 2. The molecule has 1 fully saturated rings. The van der Waals surface area contributed by atoms with E-state index in [1.165, 1.54) is 12.1 Å². The van der Waals surface area contributed by atoms with Crippen LogP contribution in [0.25, 0.3) is 11.0 Å². The van der Waals surface area contributed by atoms with Crippen LogP contribution in [0.15, 0.2) is 18.2 Å². The highest BCUT2D eigenvalue weighted by atomic mass is 19.1. The van der Waals surface area contributed by atoms with Gasteiger partial charge in [-0.2, -0.15) is 0 Å². The molecule has 5 nitrogen and oxygen atoms in total. The fourth-order valence-corrected chi connectivity index (χ4v) is 2.81. The largest absolute Gasteiger partial charge is 0.462 e. The average Bonchev–Trinajstić information content (AvgIpc) is 2.70. The number of nitrogens with zero attached hydrogens (tertiary/aromatic N) is 2. The number of aryl methyl sites for hydroxylation is 2. The van der Waals surface area contributed by atoms with E-state index in [0.717, 1.165) is 16.9 Å². The Hall–Kier alpha value is -1.95. The molecule has 1 aliphatic rings. The predicted molar refractivity (Wildman–Crippen MR) is 74.2 cm³/mol. The van der Waals surface area contributed by atoms with Crippen molar-refractivity contribution in [2.24, 2.45) is 0 Å². The third-order valence-electron chi connectivity index (χ3n) is 3.81. The molecule has 0 amide bonds. The molecule has 1 saturated heterocycles. The third kappa shape index (κ3) is 2.90. The van der Waals surface area contributed by atoms with Crippen LogP contribution in [-0.4, -0.2) is 32.8 Å². The molecule has 0 saturated carbocycles. The highest BCUT2D eigenvalue weighted by Crippen LogP contribution is 2.21. The highest BCUT2D eigenvalue weighted by molar-refractivity contribution is 5.76. The van der Waals surface area contributed by atoms with E-state index in [1.807, 2.05) is 11.5 Å².